The van der Waals surface area contributed by atoms with Gasteiger partial charge in [-0.3, -0.25) is 9.40 Å². The Hall–Kier alpha value is -2.12. The van der Waals surface area contributed by atoms with Crippen molar-refractivity contribution in [1.29, 1.82) is 0 Å². The molecule has 3 heterocycles. The van der Waals surface area contributed by atoms with E-state index in [-0.39, 0.29) is 0 Å². The Morgan fingerprint density at radius 3 is 2.83 bits per heavy atom. The maximum absolute atomic E-state index is 13.0. The Kier molecular flexibility index (Phi) is 3.46. The van der Waals surface area contributed by atoms with Crippen molar-refractivity contribution >= 4 is 27.0 Å². The Morgan fingerprint density at radius 1 is 1.13 bits per heavy atom. The number of para-hydroxylation sites is 1. The Labute approximate surface area is 138 Å². The molecule has 0 amide bonds. The first kappa shape index (κ1) is 14.5. The molecule has 2 aromatic heterocycles. The monoisotopic (exact) mass is 345 g/mol. The van der Waals surface area contributed by atoms with Gasteiger partial charge in [-0.2, -0.15) is 5.10 Å². The number of aryl methyl sites for hydroxylation is 1. The second-order valence-corrected chi connectivity index (χ2v) is 8.57. The zero-order valence-corrected chi connectivity index (χ0v) is 13.9. The first-order chi connectivity index (χ1) is 11.2. The van der Waals surface area contributed by atoms with Crippen molar-refractivity contribution in [2.75, 3.05) is 10.8 Å². The normalized spacial score (nSPS) is 14.7. The van der Waals surface area contributed by atoms with Gasteiger partial charge in [0.05, 0.1) is 16.3 Å². The quantitative estimate of drug-likeness (QED) is 0.792. The van der Waals surface area contributed by atoms with Crippen LogP contribution in [-0.2, 0) is 16.4 Å². The van der Waals surface area contributed by atoms with E-state index in [2.05, 4.69) is 10.2 Å². The molecule has 7 heteroatoms. The summed E-state index contributed by atoms with van der Waals surface area (Å²) in [4.78, 5) is 0.867. The summed E-state index contributed by atoms with van der Waals surface area (Å²) in [5, 5.41) is 6.78. The second kappa shape index (κ2) is 5.50. The lowest BCUT2D eigenvalue weighted by atomic mass is 10.0. The van der Waals surface area contributed by atoms with Crippen LogP contribution in [0.4, 0.5) is 5.69 Å². The number of nitrogens with zero attached hydrogens (tertiary/aromatic N) is 2. The highest BCUT2D eigenvalue weighted by molar-refractivity contribution is 7.94. The summed E-state index contributed by atoms with van der Waals surface area (Å²) in [5.74, 6) is 0. The number of fused-ring (bicyclic) bond motifs is 1. The lowest BCUT2D eigenvalue weighted by molar-refractivity contribution is 0.588. The van der Waals surface area contributed by atoms with E-state index in [1.807, 2.05) is 36.4 Å². The highest BCUT2D eigenvalue weighted by Crippen LogP contribution is 2.36. The number of aromatic nitrogens is 2. The lowest BCUT2D eigenvalue weighted by Gasteiger charge is -2.29. The van der Waals surface area contributed by atoms with Crippen LogP contribution in [0.15, 0.2) is 52.9 Å². The second-order valence-electron chi connectivity index (χ2n) is 5.40. The molecule has 0 saturated carbocycles. The van der Waals surface area contributed by atoms with Crippen LogP contribution in [0, 0.1) is 0 Å². The number of benzene rings is 1. The molecule has 5 nitrogen and oxygen atoms in total. The average molecular weight is 345 g/mol. The molecule has 23 heavy (non-hydrogen) atoms. The summed E-state index contributed by atoms with van der Waals surface area (Å²) in [5.41, 5.74) is 2.72. The fourth-order valence-corrected chi connectivity index (χ4v) is 5.79. The van der Waals surface area contributed by atoms with E-state index in [1.165, 1.54) is 15.6 Å². The standard InChI is InChI=1S/C16H15N3O2S2/c20-23(21,16-8-7-15(22-16)13-9-10-17-18-13)19-11-3-5-12-4-1-2-6-14(12)19/h1-2,4,6-10H,3,5,11H2,(H,17,18). The Bertz CT molecular complexity index is 930. The summed E-state index contributed by atoms with van der Waals surface area (Å²) < 4.78 is 28.0. The number of hydrogen-bond acceptors (Lipinski definition) is 4. The van der Waals surface area contributed by atoms with E-state index >= 15 is 0 Å². The fraction of sp³-hybridized carbons (Fsp3) is 0.188. The molecule has 0 unspecified atom stereocenters. The van der Waals surface area contributed by atoms with Gasteiger partial charge in [-0.15, -0.1) is 11.3 Å². The van der Waals surface area contributed by atoms with Crippen LogP contribution in [0.2, 0.25) is 0 Å². The first-order valence-corrected chi connectivity index (χ1v) is 9.62. The fourth-order valence-electron chi connectivity index (χ4n) is 2.85. The largest absolute Gasteiger partial charge is 0.277 e. The zero-order valence-electron chi connectivity index (χ0n) is 12.3. The highest BCUT2D eigenvalue weighted by atomic mass is 32.2. The van der Waals surface area contributed by atoms with Crippen LogP contribution in [0.5, 0.6) is 0 Å². The van der Waals surface area contributed by atoms with Crippen molar-refractivity contribution in [3.8, 4) is 10.6 Å². The molecule has 1 aliphatic heterocycles. The van der Waals surface area contributed by atoms with Gasteiger partial charge >= 0.3 is 0 Å². The van der Waals surface area contributed by atoms with Gasteiger partial charge in [0.2, 0.25) is 0 Å². The lowest BCUT2D eigenvalue weighted by Crippen LogP contribution is -2.35. The van der Waals surface area contributed by atoms with Crippen molar-refractivity contribution in [1.82, 2.24) is 10.2 Å². The molecule has 0 spiro atoms. The molecular formula is C16H15N3O2S2. The van der Waals surface area contributed by atoms with E-state index in [4.69, 9.17) is 0 Å². The van der Waals surface area contributed by atoms with Crippen molar-refractivity contribution < 1.29 is 8.42 Å². The van der Waals surface area contributed by atoms with E-state index in [0.29, 0.717) is 10.8 Å². The summed E-state index contributed by atoms with van der Waals surface area (Å²) >= 11 is 1.26. The van der Waals surface area contributed by atoms with Gasteiger partial charge in [0.25, 0.3) is 10.0 Å². The highest BCUT2D eigenvalue weighted by Gasteiger charge is 2.30. The minimum Gasteiger partial charge on any atom is -0.277 e. The average Bonchev–Trinajstić information content (AvgIpc) is 3.25. The third-order valence-corrected chi connectivity index (χ3v) is 7.36. The Balaban J connectivity index is 1.75. The molecule has 0 fully saturated rings. The minimum absolute atomic E-state index is 0.360. The summed E-state index contributed by atoms with van der Waals surface area (Å²) in [7, 11) is -3.53. The number of aromatic amines is 1. The number of hydrogen-bond donors (Lipinski definition) is 1. The van der Waals surface area contributed by atoms with Gasteiger partial charge in [0.1, 0.15) is 4.21 Å². The van der Waals surface area contributed by atoms with Crippen LogP contribution in [0.25, 0.3) is 10.6 Å². The number of sulfonamides is 1. The van der Waals surface area contributed by atoms with Crippen LogP contribution >= 0.6 is 11.3 Å². The van der Waals surface area contributed by atoms with Crippen molar-refractivity contribution in [3.05, 3.63) is 54.2 Å². The zero-order chi connectivity index (χ0) is 15.9. The molecule has 0 saturated heterocycles. The first-order valence-electron chi connectivity index (χ1n) is 7.36. The number of nitrogens with one attached hydrogen (secondary N) is 1. The minimum atomic E-state index is -3.53. The van der Waals surface area contributed by atoms with Gasteiger partial charge in [0, 0.05) is 12.7 Å². The molecule has 0 bridgehead atoms. The topological polar surface area (TPSA) is 66.1 Å². The van der Waals surface area contributed by atoms with Crippen LogP contribution in [0.3, 0.4) is 0 Å². The number of rotatable bonds is 3. The molecule has 118 valence electrons. The molecule has 0 atom stereocenters. The van der Waals surface area contributed by atoms with Crippen LogP contribution in [0.1, 0.15) is 12.0 Å². The predicted octanol–water partition coefficient (Wildman–Crippen LogP) is 3.28. The summed E-state index contributed by atoms with van der Waals surface area (Å²) in [6, 6.07) is 13.1. The smallest absolute Gasteiger partial charge is 0.273 e. The molecule has 1 N–H and O–H groups in total. The van der Waals surface area contributed by atoms with Gasteiger partial charge < -0.3 is 0 Å². The molecule has 4 rings (SSSR count). The number of H-pyrrole nitrogens is 1. The van der Waals surface area contributed by atoms with E-state index < -0.39 is 10.0 Å². The van der Waals surface area contributed by atoms with Gasteiger partial charge in [-0.25, -0.2) is 8.42 Å². The van der Waals surface area contributed by atoms with E-state index in [0.717, 1.165) is 34.7 Å². The number of anilines is 1. The van der Waals surface area contributed by atoms with Gasteiger partial charge in [-0.05, 0) is 42.7 Å². The van der Waals surface area contributed by atoms with E-state index in [9.17, 15) is 8.42 Å². The number of thiophene rings is 1. The molecule has 0 aliphatic carbocycles. The maximum atomic E-state index is 13.0. The third kappa shape index (κ3) is 2.46. The summed E-state index contributed by atoms with van der Waals surface area (Å²) in [6.07, 6.45) is 3.42. The predicted molar refractivity (Wildman–Crippen MR) is 91.2 cm³/mol. The molecular weight excluding hydrogens is 330 g/mol. The van der Waals surface area contributed by atoms with Crippen molar-refractivity contribution in [2.24, 2.45) is 0 Å². The molecule has 3 aromatic rings. The molecule has 1 aromatic carbocycles. The maximum Gasteiger partial charge on any atom is 0.273 e. The summed E-state index contributed by atoms with van der Waals surface area (Å²) in [6.45, 7) is 0.524. The van der Waals surface area contributed by atoms with Crippen molar-refractivity contribution in [3.63, 3.8) is 0 Å². The SMILES string of the molecule is O=S(=O)(c1ccc(-c2ccn[nH]2)s1)N1CCCc2ccccc21. The van der Waals surface area contributed by atoms with Gasteiger partial charge in [-0.1, -0.05) is 18.2 Å². The van der Waals surface area contributed by atoms with Crippen LogP contribution < -0.4 is 4.31 Å². The van der Waals surface area contributed by atoms with E-state index in [1.54, 1.807) is 12.3 Å². The van der Waals surface area contributed by atoms with Gasteiger partial charge in [0.15, 0.2) is 0 Å². The van der Waals surface area contributed by atoms with Crippen LogP contribution in [-0.4, -0.2) is 25.2 Å². The third-order valence-electron chi connectivity index (χ3n) is 3.96. The van der Waals surface area contributed by atoms with Crippen molar-refractivity contribution in [2.45, 2.75) is 17.1 Å². The molecule has 0 radical (unpaired) electrons. The molecule has 1 aliphatic rings. The Morgan fingerprint density at radius 2 is 2.00 bits per heavy atom.